The summed E-state index contributed by atoms with van der Waals surface area (Å²) in [6.45, 7) is 11.3. The number of aryl methyl sites for hydroxylation is 1. The normalized spacial score (nSPS) is 10.1. The topological polar surface area (TPSA) is 4.36 Å². The molecule has 0 aliphatic carbocycles. The second-order valence-corrected chi connectivity index (χ2v) is 4.06. The smallest absolute Gasteiger partial charge is 0.187 e. The van der Waals surface area contributed by atoms with Crippen LogP contribution in [-0.4, -0.2) is 0 Å². The van der Waals surface area contributed by atoms with Gasteiger partial charge in [0.1, 0.15) is 0 Å². The molecule has 1 heteroatoms. The van der Waals surface area contributed by atoms with Gasteiger partial charge in [0, 0.05) is 0 Å². The first-order valence-corrected chi connectivity index (χ1v) is 5.19. The van der Waals surface area contributed by atoms with Crippen LogP contribution in [0.4, 0.5) is 5.69 Å². The summed E-state index contributed by atoms with van der Waals surface area (Å²) in [6.07, 6.45) is 3.66. The number of hydrogen-bond donors (Lipinski definition) is 0. The SMILES string of the molecule is [C-]#[N+]c1ccc(CCCC(C)C)cc1. The fourth-order valence-electron chi connectivity index (χ4n) is 1.45. The van der Waals surface area contributed by atoms with Gasteiger partial charge in [-0.1, -0.05) is 50.1 Å². The molecule has 0 saturated carbocycles. The third-order valence-corrected chi connectivity index (χ3v) is 2.31. The fraction of sp³-hybridized carbons (Fsp3) is 0.462. The highest BCUT2D eigenvalue weighted by molar-refractivity contribution is 5.45. The molecule has 1 nitrogen and oxygen atoms in total. The third-order valence-electron chi connectivity index (χ3n) is 2.31. The monoisotopic (exact) mass is 187 g/mol. The van der Waals surface area contributed by atoms with Gasteiger partial charge < -0.3 is 0 Å². The average Bonchev–Trinajstić information content (AvgIpc) is 2.18. The molecule has 74 valence electrons. The van der Waals surface area contributed by atoms with Crippen LogP contribution in [0, 0.1) is 12.5 Å². The highest BCUT2D eigenvalue weighted by Gasteiger charge is 1.96. The Hall–Kier alpha value is -1.29. The van der Waals surface area contributed by atoms with E-state index in [4.69, 9.17) is 6.57 Å². The van der Waals surface area contributed by atoms with Gasteiger partial charge in [0.2, 0.25) is 0 Å². The summed E-state index contributed by atoms with van der Waals surface area (Å²) < 4.78 is 0. The van der Waals surface area contributed by atoms with Gasteiger partial charge in [0.15, 0.2) is 5.69 Å². The third kappa shape index (κ3) is 3.62. The number of hydrogen-bond acceptors (Lipinski definition) is 0. The second kappa shape index (κ2) is 5.44. The standard InChI is InChI=1S/C13H17N/c1-11(2)5-4-6-12-7-9-13(14-3)10-8-12/h7-11H,4-6H2,1-2H3. The van der Waals surface area contributed by atoms with E-state index in [1.807, 2.05) is 12.1 Å². The van der Waals surface area contributed by atoms with Crippen molar-refractivity contribution in [2.24, 2.45) is 5.92 Å². The van der Waals surface area contributed by atoms with Crippen LogP contribution >= 0.6 is 0 Å². The van der Waals surface area contributed by atoms with Crippen molar-refractivity contribution in [2.75, 3.05) is 0 Å². The maximum Gasteiger partial charge on any atom is 0.187 e. The summed E-state index contributed by atoms with van der Waals surface area (Å²) in [4.78, 5) is 3.37. The molecule has 0 radical (unpaired) electrons. The zero-order valence-electron chi connectivity index (χ0n) is 8.96. The lowest BCUT2D eigenvalue weighted by molar-refractivity contribution is 0.556. The molecule has 0 heterocycles. The molecule has 0 unspecified atom stereocenters. The molecule has 0 N–H and O–H groups in total. The largest absolute Gasteiger partial charge is 0.238 e. The zero-order valence-corrected chi connectivity index (χ0v) is 8.96. The Morgan fingerprint density at radius 2 is 1.86 bits per heavy atom. The summed E-state index contributed by atoms with van der Waals surface area (Å²) in [5.41, 5.74) is 2.08. The minimum atomic E-state index is 0.734. The number of nitrogens with zero attached hydrogens (tertiary/aromatic N) is 1. The van der Waals surface area contributed by atoms with Crippen LogP contribution in [-0.2, 0) is 6.42 Å². The van der Waals surface area contributed by atoms with Crippen molar-refractivity contribution in [3.63, 3.8) is 0 Å². The van der Waals surface area contributed by atoms with E-state index in [0.29, 0.717) is 0 Å². The lowest BCUT2D eigenvalue weighted by Crippen LogP contribution is -1.90. The Labute approximate surface area is 86.6 Å². The van der Waals surface area contributed by atoms with Crippen LogP contribution in [0.2, 0.25) is 0 Å². The van der Waals surface area contributed by atoms with Crippen LogP contribution in [0.1, 0.15) is 32.3 Å². The zero-order chi connectivity index (χ0) is 10.4. The Bertz CT molecular complexity index is 303. The van der Waals surface area contributed by atoms with Gasteiger partial charge >= 0.3 is 0 Å². The van der Waals surface area contributed by atoms with Crippen molar-refractivity contribution >= 4 is 5.69 Å². The molecular formula is C13H17N. The van der Waals surface area contributed by atoms with Crippen molar-refractivity contribution in [3.05, 3.63) is 41.2 Å². The minimum Gasteiger partial charge on any atom is -0.238 e. The van der Waals surface area contributed by atoms with Crippen molar-refractivity contribution in [2.45, 2.75) is 33.1 Å². The van der Waals surface area contributed by atoms with Crippen LogP contribution in [0.15, 0.2) is 24.3 Å². The summed E-state index contributed by atoms with van der Waals surface area (Å²) in [5.74, 6) is 0.789. The van der Waals surface area contributed by atoms with Gasteiger partial charge in [0.05, 0.1) is 6.57 Å². The van der Waals surface area contributed by atoms with Crippen molar-refractivity contribution in [3.8, 4) is 0 Å². The molecule has 0 bridgehead atoms. The van der Waals surface area contributed by atoms with E-state index in [9.17, 15) is 0 Å². The summed E-state index contributed by atoms with van der Waals surface area (Å²) in [7, 11) is 0. The Balaban J connectivity index is 2.41. The fourth-order valence-corrected chi connectivity index (χ4v) is 1.45. The van der Waals surface area contributed by atoms with Gasteiger partial charge in [-0.3, -0.25) is 0 Å². The van der Waals surface area contributed by atoms with Gasteiger partial charge in [-0.25, -0.2) is 4.85 Å². The van der Waals surface area contributed by atoms with Crippen LogP contribution in [0.25, 0.3) is 4.85 Å². The van der Waals surface area contributed by atoms with Crippen LogP contribution < -0.4 is 0 Å². The molecule has 1 rings (SSSR count). The quantitative estimate of drug-likeness (QED) is 0.622. The molecule has 0 aromatic heterocycles. The minimum absolute atomic E-state index is 0.734. The lowest BCUT2D eigenvalue weighted by atomic mass is 10.0. The lowest BCUT2D eigenvalue weighted by Gasteiger charge is -2.04. The molecule has 0 amide bonds. The number of rotatable bonds is 4. The highest BCUT2D eigenvalue weighted by Crippen LogP contribution is 2.15. The molecule has 14 heavy (non-hydrogen) atoms. The van der Waals surface area contributed by atoms with Crippen LogP contribution in [0.5, 0.6) is 0 Å². The van der Waals surface area contributed by atoms with Crippen LogP contribution in [0.3, 0.4) is 0 Å². The molecular weight excluding hydrogens is 170 g/mol. The first-order valence-electron chi connectivity index (χ1n) is 5.19. The molecule has 0 aliphatic heterocycles. The predicted octanol–water partition coefficient (Wildman–Crippen LogP) is 4.22. The second-order valence-electron chi connectivity index (χ2n) is 4.06. The summed E-state index contributed by atoms with van der Waals surface area (Å²) in [5, 5.41) is 0. The van der Waals surface area contributed by atoms with E-state index >= 15 is 0 Å². The summed E-state index contributed by atoms with van der Waals surface area (Å²) in [6, 6.07) is 7.93. The van der Waals surface area contributed by atoms with Gasteiger partial charge in [-0.15, -0.1) is 0 Å². The van der Waals surface area contributed by atoms with E-state index in [1.165, 1.54) is 18.4 Å². The molecule has 0 aliphatic rings. The predicted molar refractivity (Wildman–Crippen MR) is 60.5 cm³/mol. The van der Waals surface area contributed by atoms with E-state index in [1.54, 1.807) is 0 Å². The van der Waals surface area contributed by atoms with Gasteiger partial charge in [0.25, 0.3) is 0 Å². The first-order chi connectivity index (χ1) is 6.72. The maximum absolute atomic E-state index is 6.83. The first kappa shape index (κ1) is 10.8. The van der Waals surface area contributed by atoms with Gasteiger partial charge in [-0.2, -0.15) is 0 Å². The van der Waals surface area contributed by atoms with E-state index in [-0.39, 0.29) is 0 Å². The molecule has 0 fully saturated rings. The van der Waals surface area contributed by atoms with Crippen molar-refractivity contribution in [1.82, 2.24) is 0 Å². The molecule has 1 aromatic carbocycles. The molecule has 0 saturated heterocycles. The molecule has 1 aromatic rings. The van der Waals surface area contributed by atoms with Gasteiger partial charge in [-0.05, 0) is 18.8 Å². The Morgan fingerprint density at radius 1 is 1.21 bits per heavy atom. The van der Waals surface area contributed by atoms with E-state index in [0.717, 1.165) is 18.0 Å². The van der Waals surface area contributed by atoms with E-state index in [2.05, 4.69) is 30.8 Å². The average molecular weight is 187 g/mol. The summed E-state index contributed by atoms with van der Waals surface area (Å²) >= 11 is 0. The number of benzene rings is 1. The maximum atomic E-state index is 6.83. The Kier molecular flexibility index (Phi) is 4.19. The van der Waals surface area contributed by atoms with Crippen molar-refractivity contribution in [1.29, 1.82) is 0 Å². The highest BCUT2D eigenvalue weighted by atomic mass is 14.6. The Morgan fingerprint density at radius 3 is 2.36 bits per heavy atom. The van der Waals surface area contributed by atoms with Crippen molar-refractivity contribution < 1.29 is 0 Å². The molecule has 0 atom stereocenters. The van der Waals surface area contributed by atoms with E-state index < -0.39 is 0 Å². The molecule has 0 spiro atoms.